The molecule has 1 atom stereocenters. The zero-order valence-electron chi connectivity index (χ0n) is 12.2. The van der Waals surface area contributed by atoms with Crippen molar-refractivity contribution in [2.45, 2.75) is 32.9 Å². The summed E-state index contributed by atoms with van der Waals surface area (Å²) in [5, 5.41) is 14.7. The molecular formula is C15H18BrFN2O2. The summed E-state index contributed by atoms with van der Waals surface area (Å²) < 4.78 is 21.6. The molecule has 21 heavy (non-hydrogen) atoms. The molecule has 0 aliphatic heterocycles. The van der Waals surface area contributed by atoms with Gasteiger partial charge >= 0.3 is 0 Å². The number of aliphatic hydroxyl groups excluding tert-OH is 1. The van der Waals surface area contributed by atoms with Gasteiger partial charge < -0.3 is 9.84 Å². The fourth-order valence-electron chi connectivity index (χ4n) is 2.26. The maximum Gasteiger partial charge on any atom is 0.132 e. The Hall–Kier alpha value is -1.40. The van der Waals surface area contributed by atoms with Crippen molar-refractivity contribution in [1.29, 1.82) is 0 Å². The summed E-state index contributed by atoms with van der Waals surface area (Å²) in [6.45, 7) is 4.56. The molecule has 1 unspecified atom stereocenters. The van der Waals surface area contributed by atoms with Gasteiger partial charge in [0.15, 0.2) is 0 Å². The first kappa shape index (κ1) is 16.0. The van der Waals surface area contributed by atoms with Crippen LogP contribution in [-0.2, 0) is 13.0 Å². The zero-order valence-corrected chi connectivity index (χ0v) is 13.8. The Morgan fingerprint density at radius 3 is 2.76 bits per heavy atom. The lowest BCUT2D eigenvalue weighted by Gasteiger charge is -2.14. The lowest BCUT2D eigenvalue weighted by molar-refractivity contribution is 0.170. The minimum atomic E-state index is -0.936. The summed E-state index contributed by atoms with van der Waals surface area (Å²) in [7, 11) is 1.48. The maximum atomic E-state index is 14.0. The van der Waals surface area contributed by atoms with Crippen molar-refractivity contribution in [3.8, 4) is 5.75 Å². The first-order chi connectivity index (χ1) is 9.97. The van der Waals surface area contributed by atoms with Crippen molar-refractivity contribution < 1.29 is 14.2 Å². The van der Waals surface area contributed by atoms with E-state index in [9.17, 15) is 9.50 Å². The van der Waals surface area contributed by atoms with E-state index in [1.807, 2.05) is 18.5 Å². The second-order valence-electron chi connectivity index (χ2n) is 4.77. The molecule has 6 heteroatoms. The summed E-state index contributed by atoms with van der Waals surface area (Å²) >= 11 is 3.48. The number of benzene rings is 1. The van der Waals surface area contributed by atoms with Gasteiger partial charge in [0.05, 0.1) is 29.1 Å². The van der Waals surface area contributed by atoms with Crippen LogP contribution in [0.25, 0.3) is 0 Å². The predicted octanol–water partition coefficient (Wildman–Crippen LogP) is 3.40. The summed E-state index contributed by atoms with van der Waals surface area (Å²) in [6.07, 6.45) is -0.646. The van der Waals surface area contributed by atoms with Crippen LogP contribution in [0, 0.1) is 12.7 Å². The third-order valence-corrected chi connectivity index (χ3v) is 4.44. The molecule has 0 aliphatic carbocycles. The van der Waals surface area contributed by atoms with Crippen LogP contribution in [0.4, 0.5) is 4.39 Å². The third kappa shape index (κ3) is 3.27. The fourth-order valence-corrected chi connectivity index (χ4v) is 2.71. The average Bonchev–Trinajstić information content (AvgIpc) is 2.74. The lowest BCUT2D eigenvalue weighted by Crippen LogP contribution is -2.10. The Labute approximate surface area is 131 Å². The number of aryl methyl sites for hydroxylation is 2. The van der Waals surface area contributed by atoms with Crippen LogP contribution in [-0.4, -0.2) is 22.0 Å². The molecule has 2 rings (SSSR count). The largest absolute Gasteiger partial charge is 0.497 e. The van der Waals surface area contributed by atoms with E-state index >= 15 is 0 Å². The summed E-state index contributed by atoms with van der Waals surface area (Å²) in [5.41, 5.74) is 1.97. The fraction of sp³-hybridized carbons (Fsp3) is 0.400. The molecule has 0 saturated heterocycles. The Morgan fingerprint density at radius 2 is 2.19 bits per heavy atom. The molecular weight excluding hydrogens is 339 g/mol. The highest BCUT2D eigenvalue weighted by molar-refractivity contribution is 9.10. The van der Waals surface area contributed by atoms with Crippen molar-refractivity contribution in [2.24, 2.45) is 0 Å². The highest BCUT2D eigenvalue weighted by Crippen LogP contribution is 2.28. The molecule has 0 amide bonds. The van der Waals surface area contributed by atoms with Gasteiger partial charge in [-0.15, -0.1) is 0 Å². The van der Waals surface area contributed by atoms with E-state index in [1.54, 1.807) is 12.1 Å². The van der Waals surface area contributed by atoms with Crippen molar-refractivity contribution >= 4 is 15.9 Å². The molecule has 114 valence electrons. The first-order valence-corrected chi connectivity index (χ1v) is 7.50. The summed E-state index contributed by atoms with van der Waals surface area (Å²) in [6, 6.07) is 4.46. The third-order valence-electron chi connectivity index (χ3n) is 3.41. The van der Waals surface area contributed by atoms with Crippen LogP contribution in [0.2, 0.25) is 0 Å². The topological polar surface area (TPSA) is 47.3 Å². The standard InChI is InChI=1S/C15H18BrFN2O2/c1-4-19-13(15(16)9(2)18-19)8-14(20)11-6-5-10(21-3)7-12(11)17/h5-7,14,20H,4,8H2,1-3H3. The predicted molar refractivity (Wildman–Crippen MR) is 82.0 cm³/mol. The molecule has 1 N–H and O–H groups in total. The van der Waals surface area contributed by atoms with Crippen LogP contribution < -0.4 is 4.74 Å². The van der Waals surface area contributed by atoms with Gasteiger partial charge in [-0.2, -0.15) is 5.10 Å². The molecule has 1 aromatic carbocycles. The minimum Gasteiger partial charge on any atom is -0.497 e. The zero-order chi connectivity index (χ0) is 15.6. The summed E-state index contributed by atoms with van der Waals surface area (Å²) in [4.78, 5) is 0. The lowest BCUT2D eigenvalue weighted by atomic mass is 10.0. The van der Waals surface area contributed by atoms with Crippen LogP contribution in [0.1, 0.15) is 30.0 Å². The molecule has 1 heterocycles. The SMILES string of the molecule is CCn1nc(C)c(Br)c1CC(O)c1ccc(OC)cc1F. The number of hydrogen-bond donors (Lipinski definition) is 1. The van der Waals surface area contributed by atoms with Crippen LogP contribution in [0.15, 0.2) is 22.7 Å². The number of nitrogens with zero attached hydrogens (tertiary/aromatic N) is 2. The number of aliphatic hydroxyl groups is 1. The van der Waals surface area contributed by atoms with E-state index in [1.165, 1.54) is 13.2 Å². The van der Waals surface area contributed by atoms with E-state index in [2.05, 4.69) is 21.0 Å². The van der Waals surface area contributed by atoms with Crippen molar-refractivity contribution in [3.05, 3.63) is 45.4 Å². The molecule has 1 aromatic heterocycles. The van der Waals surface area contributed by atoms with Crippen LogP contribution >= 0.6 is 15.9 Å². The van der Waals surface area contributed by atoms with Gasteiger partial charge in [-0.25, -0.2) is 4.39 Å². The van der Waals surface area contributed by atoms with E-state index in [-0.39, 0.29) is 5.56 Å². The van der Waals surface area contributed by atoms with Gasteiger partial charge in [-0.05, 0) is 41.9 Å². The monoisotopic (exact) mass is 356 g/mol. The van der Waals surface area contributed by atoms with Crippen LogP contribution in [0.3, 0.4) is 0 Å². The highest BCUT2D eigenvalue weighted by Gasteiger charge is 2.19. The molecule has 0 bridgehead atoms. The first-order valence-electron chi connectivity index (χ1n) is 6.71. The van der Waals surface area contributed by atoms with E-state index in [4.69, 9.17) is 4.74 Å². The van der Waals surface area contributed by atoms with Crippen molar-refractivity contribution in [3.63, 3.8) is 0 Å². The van der Waals surface area contributed by atoms with E-state index < -0.39 is 11.9 Å². The molecule has 0 aliphatic rings. The summed E-state index contributed by atoms with van der Waals surface area (Å²) in [5.74, 6) is -0.0451. The number of rotatable bonds is 5. The number of methoxy groups -OCH3 is 1. The number of halogens is 2. The van der Waals surface area contributed by atoms with Gasteiger partial charge in [0.1, 0.15) is 11.6 Å². The van der Waals surface area contributed by atoms with Crippen molar-refractivity contribution in [1.82, 2.24) is 9.78 Å². The van der Waals surface area contributed by atoms with Gasteiger partial charge in [-0.1, -0.05) is 0 Å². The number of ether oxygens (including phenoxy) is 1. The van der Waals surface area contributed by atoms with Crippen molar-refractivity contribution in [2.75, 3.05) is 7.11 Å². The Bertz CT molecular complexity index is 643. The Morgan fingerprint density at radius 1 is 1.48 bits per heavy atom. The van der Waals surface area contributed by atoms with Gasteiger partial charge in [0.2, 0.25) is 0 Å². The highest BCUT2D eigenvalue weighted by atomic mass is 79.9. The number of aromatic nitrogens is 2. The molecule has 4 nitrogen and oxygen atoms in total. The van der Waals surface area contributed by atoms with Crippen LogP contribution in [0.5, 0.6) is 5.75 Å². The second kappa shape index (κ2) is 6.58. The van der Waals surface area contributed by atoms with Gasteiger partial charge in [0.25, 0.3) is 0 Å². The molecule has 2 aromatic rings. The van der Waals surface area contributed by atoms with Gasteiger partial charge in [-0.3, -0.25) is 4.68 Å². The molecule has 0 fully saturated rings. The normalized spacial score (nSPS) is 12.5. The van der Waals surface area contributed by atoms with E-state index in [0.717, 1.165) is 15.9 Å². The Kier molecular flexibility index (Phi) is 5.00. The smallest absolute Gasteiger partial charge is 0.132 e. The van der Waals surface area contributed by atoms with Gasteiger partial charge in [0, 0.05) is 24.6 Å². The molecule has 0 saturated carbocycles. The quantitative estimate of drug-likeness (QED) is 0.892. The average molecular weight is 357 g/mol. The second-order valence-corrected chi connectivity index (χ2v) is 5.56. The molecule has 0 spiro atoms. The van der Waals surface area contributed by atoms with E-state index in [0.29, 0.717) is 18.7 Å². The molecule has 0 radical (unpaired) electrons. The minimum absolute atomic E-state index is 0.254. The maximum absolute atomic E-state index is 14.0. The Balaban J connectivity index is 2.28. The number of hydrogen-bond acceptors (Lipinski definition) is 3.